The zero-order valence-electron chi connectivity index (χ0n) is 11.7. The maximum Gasteiger partial charge on any atom is 0.269 e. The van der Waals surface area contributed by atoms with Crippen LogP contribution in [0.1, 0.15) is 6.92 Å². The van der Waals surface area contributed by atoms with Gasteiger partial charge in [-0.15, -0.1) is 11.8 Å². The van der Waals surface area contributed by atoms with E-state index in [1.807, 2.05) is 18.2 Å². The van der Waals surface area contributed by atoms with Crippen molar-refractivity contribution in [3.63, 3.8) is 0 Å². The number of thioether (sulfide) groups is 1. The van der Waals surface area contributed by atoms with Gasteiger partial charge in [-0.05, 0) is 31.2 Å². The lowest BCUT2D eigenvalue weighted by Crippen LogP contribution is -2.22. The Morgan fingerprint density at radius 1 is 1.23 bits per heavy atom. The predicted octanol–water partition coefficient (Wildman–Crippen LogP) is 4.37. The molecule has 7 heteroatoms. The van der Waals surface area contributed by atoms with Gasteiger partial charge >= 0.3 is 0 Å². The topological polar surface area (TPSA) is 72.2 Å². The number of rotatable bonds is 5. The monoisotopic (exact) mass is 336 g/mol. The number of nitrogens with one attached hydrogen (secondary N) is 1. The average Bonchev–Trinajstić information content (AvgIpc) is 2.50. The lowest BCUT2D eigenvalue weighted by Gasteiger charge is -2.12. The van der Waals surface area contributed by atoms with Gasteiger partial charge in [-0.3, -0.25) is 14.9 Å². The summed E-state index contributed by atoms with van der Waals surface area (Å²) in [5.41, 5.74) is 0.499. The number of nitro groups is 1. The quantitative estimate of drug-likeness (QED) is 0.500. The number of nitrogens with zero attached hydrogens (tertiary/aromatic N) is 1. The summed E-state index contributed by atoms with van der Waals surface area (Å²) in [7, 11) is 0. The lowest BCUT2D eigenvalue weighted by atomic mass is 10.3. The smallest absolute Gasteiger partial charge is 0.269 e. The molecule has 0 aliphatic rings. The molecule has 0 aliphatic heterocycles. The molecule has 5 nitrogen and oxygen atoms in total. The van der Waals surface area contributed by atoms with Gasteiger partial charge in [0.25, 0.3) is 5.69 Å². The van der Waals surface area contributed by atoms with E-state index in [0.717, 1.165) is 4.90 Å². The Labute approximate surface area is 136 Å². The number of carbonyl (C=O) groups excluding carboxylic acids is 1. The van der Waals surface area contributed by atoms with Gasteiger partial charge in [-0.2, -0.15) is 0 Å². The second kappa shape index (κ2) is 7.29. The maximum atomic E-state index is 12.1. The molecule has 2 rings (SSSR count). The van der Waals surface area contributed by atoms with Crippen LogP contribution in [0.5, 0.6) is 0 Å². The van der Waals surface area contributed by atoms with Crippen LogP contribution in [0.4, 0.5) is 11.4 Å². The minimum absolute atomic E-state index is 0.0171. The number of halogens is 1. The van der Waals surface area contributed by atoms with E-state index in [1.54, 1.807) is 13.0 Å². The zero-order valence-corrected chi connectivity index (χ0v) is 13.2. The van der Waals surface area contributed by atoms with Crippen molar-refractivity contribution in [3.8, 4) is 0 Å². The largest absolute Gasteiger partial charge is 0.325 e. The molecule has 1 N–H and O–H groups in total. The number of hydrogen-bond donors (Lipinski definition) is 1. The molecule has 1 unspecified atom stereocenters. The summed E-state index contributed by atoms with van der Waals surface area (Å²) in [6.07, 6.45) is 0. The highest BCUT2D eigenvalue weighted by Crippen LogP contribution is 2.30. The molecule has 2 aromatic carbocycles. The molecule has 0 bridgehead atoms. The summed E-state index contributed by atoms with van der Waals surface area (Å²) >= 11 is 7.42. The number of carbonyl (C=O) groups is 1. The fraction of sp³-hybridized carbons (Fsp3) is 0.133. The Hall–Kier alpha value is -2.05. The van der Waals surface area contributed by atoms with Crippen LogP contribution in [0.15, 0.2) is 53.4 Å². The van der Waals surface area contributed by atoms with Crippen LogP contribution >= 0.6 is 23.4 Å². The van der Waals surface area contributed by atoms with E-state index in [0.29, 0.717) is 10.7 Å². The predicted molar refractivity (Wildman–Crippen MR) is 88.5 cm³/mol. The highest BCUT2D eigenvalue weighted by Gasteiger charge is 2.16. The van der Waals surface area contributed by atoms with Crippen LogP contribution in [-0.2, 0) is 4.79 Å². The minimum atomic E-state index is -0.485. The Bertz CT molecular complexity index is 691. The van der Waals surface area contributed by atoms with Crippen LogP contribution in [0.3, 0.4) is 0 Å². The van der Waals surface area contributed by atoms with Gasteiger partial charge in [0.05, 0.1) is 15.2 Å². The Morgan fingerprint density at radius 2 is 1.86 bits per heavy atom. The fourth-order valence-corrected chi connectivity index (χ4v) is 2.85. The van der Waals surface area contributed by atoms with Crippen molar-refractivity contribution in [3.05, 3.63) is 63.7 Å². The molecule has 0 aliphatic carbocycles. The first kappa shape index (κ1) is 16.3. The molecule has 0 aromatic heterocycles. The summed E-state index contributed by atoms with van der Waals surface area (Å²) in [5.74, 6) is -0.196. The van der Waals surface area contributed by atoms with Crippen molar-refractivity contribution < 1.29 is 9.72 Å². The van der Waals surface area contributed by atoms with E-state index in [1.165, 1.54) is 36.0 Å². The molecule has 0 saturated carbocycles. The minimum Gasteiger partial charge on any atom is -0.325 e. The number of nitro benzene ring substituents is 1. The highest BCUT2D eigenvalue weighted by atomic mass is 35.5. The van der Waals surface area contributed by atoms with Gasteiger partial charge in [0.15, 0.2) is 0 Å². The molecule has 0 saturated heterocycles. The number of non-ortho nitro benzene ring substituents is 1. The number of benzene rings is 2. The number of hydrogen-bond acceptors (Lipinski definition) is 4. The van der Waals surface area contributed by atoms with Crippen LogP contribution in [0.25, 0.3) is 0 Å². The first-order valence-corrected chi connectivity index (χ1v) is 7.69. The molecule has 2 aromatic rings. The number of anilines is 1. The molecule has 0 radical (unpaired) electrons. The fourth-order valence-electron chi connectivity index (χ4n) is 1.69. The van der Waals surface area contributed by atoms with Gasteiger partial charge in [0.1, 0.15) is 0 Å². The first-order valence-electron chi connectivity index (χ1n) is 6.44. The molecule has 114 valence electrons. The molecular weight excluding hydrogens is 324 g/mol. The second-order valence-electron chi connectivity index (χ2n) is 4.48. The summed E-state index contributed by atoms with van der Waals surface area (Å²) in [6.45, 7) is 1.77. The third-order valence-electron chi connectivity index (χ3n) is 2.86. The third kappa shape index (κ3) is 4.22. The van der Waals surface area contributed by atoms with Crippen LogP contribution in [0.2, 0.25) is 5.02 Å². The summed E-state index contributed by atoms with van der Waals surface area (Å²) in [6, 6.07) is 13.0. The van der Waals surface area contributed by atoms with Crippen LogP contribution in [-0.4, -0.2) is 16.1 Å². The van der Waals surface area contributed by atoms with Gasteiger partial charge in [0, 0.05) is 22.7 Å². The summed E-state index contributed by atoms with van der Waals surface area (Å²) in [5, 5.41) is 13.5. The van der Waals surface area contributed by atoms with Crippen molar-refractivity contribution in [1.29, 1.82) is 0 Å². The second-order valence-corrected chi connectivity index (χ2v) is 6.27. The van der Waals surface area contributed by atoms with Crippen molar-refractivity contribution in [2.24, 2.45) is 0 Å². The molecule has 0 spiro atoms. The van der Waals surface area contributed by atoms with E-state index in [-0.39, 0.29) is 16.8 Å². The van der Waals surface area contributed by atoms with E-state index < -0.39 is 4.92 Å². The van der Waals surface area contributed by atoms with Gasteiger partial charge in [-0.1, -0.05) is 23.7 Å². The van der Waals surface area contributed by atoms with Gasteiger partial charge < -0.3 is 5.32 Å². The number of amides is 1. The van der Waals surface area contributed by atoms with Crippen molar-refractivity contribution in [2.45, 2.75) is 17.1 Å². The van der Waals surface area contributed by atoms with Gasteiger partial charge in [-0.25, -0.2) is 0 Å². The van der Waals surface area contributed by atoms with E-state index in [2.05, 4.69) is 5.32 Å². The highest BCUT2D eigenvalue weighted by molar-refractivity contribution is 8.00. The molecule has 1 atom stereocenters. The summed E-state index contributed by atoms with van der Waals surface area (Å²) in [4.78, 5) is 23.1. The zero-order chi connectivity index (χ0) is 16.1. The van der Waals surface area contributed by atoms with Crippen molar-refractivity contribution >= 4 is 40.6 Å². The molecule has 0 fully saturated rings. The third-order valence-corrected chi connectivity index (χ3v) is 4.47. The van der Waals surface area contributed by atoms with Gasteiger partial charge in [0.2, 0.25) is 5.91 Å². The van der Waals surface area contributed by atoms with E-state index >= 15 is 0 Å². The average molecular weight is 337 g/mol. The Morgan fingerprint density at radius 3 is 2.45 bits per heavy atom. The van der Waals surface area contributed by atoms with E-state index in [9.17, 15) is 14.9 Å². The first-order chi connectivity index (χ1) is 10.5. The SMILES string of the molecule is CC(Sc1ccccc1Cl)C(=O)Nc1ccc([N+](=O)[O-])cc1. The Balaban J connectivity index is 1.99. The van der Waals surface area contributed by atoms with E-state index in [4.69, 9.17) is 11.6 Å². The lowest BCUT2D eigenvalue weighted by molar-refractivity contribution is -0.384. The van der Waals surface area contributed by atoms with Crippen LogP contribution in [0, 0.1) is 10.1 Å². The molecule has 0 heterocycles. The summed E-state index contributed by atoms with van der Waals surface area (Å²) < 4.78 is 0. The van der Waals surface area contributed by atoms with Crippen molar-refractivity contribution in [2.75, 3.05) is 5.32 Å². The normalized spacial score (nSPS) is 11.7. The Kier molecular flexibility index (Phi) is 5.41. The van der Waals surface area contributed by atoms with Crippen molar-refractivity contribution in [1.82, 2.24) is 0 Å². The standard InChI is InChI=1S/C15H13ClN2O3S/c1-10(22-14-5-3-2-4-13(14)16)15(19)17-11-6-8-12(9-7-11)18(20)21/h2-10H,1H3,(H,17,19). The van der Waals surface area contributed by atoms with Crippen LogP contribution < -0.4 is 5.32 Å². The molecule has 1 amide bonds. The molecule has 22 heavy (non-hydrogen) atoms. The maximum absolute atomic E-state index is 12.1. The molecular formula is C15H13ClN2O3S.